The monoisotopic (exact) mass is 526 g/mol. The highest BCUT2D eigenvalue weighted by atomic mass is 19.1. The molecule has 0 saturated heterocycles. The Morgan fingerprint density at radius 2 is 1.79 bits per heavy atom. The fourth-order valence-corrected chi connectivity index (χ4v) is 4.87. The third kappa shape index (κ3) is 6.03. The van der Waals surface area contributed by atoms with E-state index in [0.717, 1.165) is 23.1 Å². The molecule has 1 atom stereocenters. The molecule has 0 bridgehead atoms. The van der Waals surface area contributed by atoms with E-state index >= 15 is 0 Å². The normalized spacial score (nSPS) is 14.5. The maximum Gasteiger partial charge on any atom is 0.287 e. The van der Waals surface area contributed by atoms with Crippen LogP contribution in [0, 0.1) is 12.7 Å². The number of furan rings is 1. The standard InChI is InChI=1S/C32H31FN2O4/c1-3-30(36)35-17-16-23-10-13-26(18-28(23)31(35)24-8-4-21(2)5-9-24)38-20-27-14-15-29(39-27)32(37)34-19-22-6-11-25(33)12-7-22/h4-15,18,31H,3,16-17,19-20H2,1-2H3,(H,34,37)/t31-/m1/s1. The molecule has 1 aliphatic rings. The molecule has 7 heteroatoms. The van der Waals surface area contributed by atoms with E-state index in [1.54, 1.807) is 24.3 Å². The van der Waals surface area contributed by atoms with Gasteiger partial charge >= 0.3 is 0 Å². The Balaban J connectivity index is 1.28. The highest BCUT2D eigenvalue weighted by molar-refractivity contribution is 5.91. The number of ether oxygens (including phenoxy) is 1. The van der Waals surface area contributed by atoms with E-state index in [4.69, 9.17) is 9.15 Å². The molecule has 0 saturated carbocycles. The number of hydrogen-bond acceptors (Lipinski definition) is 4. The largest absolute Gasteiger partial charge is 0.486 e. The van der Waals surface area contributed by atoms with Crippen LogP contribution in [0.3, 0.4) is 0 Å². The summed E-state index contributed by atoms with van der Waals surface area (Å²) in [4.78, 5) is 27.3. The van der Waals surface area contributed by atoms with E-state index in [1.807, 2.05) is 24.0 Å². The summed E-state index contributed by atoms with van der Waals surface area (Å²) in [6, 6.07) is 23.4. The van der Waals surface area contributed by atoms with Gasteiger partial charge in [-0.15, -0.1) is 0 Å². The van der Waals surface area contributed by atoms with E-state index in [2.05, 4.69) is 42.6 Å². The van der Waals surface area contributed by atoms with Crippen molar-refractivity contribution in [2.75, 3.05) is 6.54 Å². The van der Waals surface area contributed by atoms with Crippen LogP contribution in [0.1, 0.15) is 63.5 Å². The number of hydrogen-bond donors (Lipinski definition) is 1. The number of carbonyl (C=O) groups excluding carboxylic acids is 2. The summed E-state index contributed by atoms with van der Waals surface area (Å²) < 4.78 is 24.8. The summed E-state index contributed by atoms with van der Waals surface area (Å²) in [6.45, 7) is 5.03. The minimum Gasteiger partial charge on any atom is -0.486 e. The topological polar surface area (TPSA) is 71.8 Å². The van der Waals surface area contributed by atoms with Gasteiger partial charge in [0.2, 0.25) is 5.91 Å². The Morgan fingerprint density at radius 3 is 2.54 bits per heavy atom. The Bertz CT molecular complexity index is 1460. The summed E-state index contributed by atoms with van der Waals surface area (Å²) in [5.74, 6) is 0.790. The van der Waals surface area contributed by atoms with Gasteiger partial charge in [-0.25, -0.2) is 4.39 Å². The number of carbonyl (C=O) groups is 2. The summed E-state index contributed by atoms with van der Waals surface area (Å²) in [5, 5.41) is 2.77. The van der Waals surface area contributed by atoms with Crippen molar-refractivity contribution in [2.24, 2.45) is 0 Å². The second-order valence-electron chi connectivity index (χ2n) is 9.73. The van der Waals surface area contributed by atoms with Crippen molar-refractivity contribution in [3.63, 3.8) is 0 Å². The average Bonchev–Trinajstić information content (AvgIpc) is 3.44. The second kappa shape index (κ2) is 11.6. The smallest absolute Gasteiger partial charge is 0.287 e. The molecule has 5 rings (SSSR count). The van der Waals surface area contributed by atoms with Gasteiger partial charge in [-0.05, 0) is 72.0 Å². The van der Waals surface area contributed by atoms with Crippen LogP contribution in [0.15, 0.2) is 83.3 Å². The number of rotatable bonds is 8. The lowest BCUT2D eigenvalue weighted by Crippen LogP contribution is -2.40. The fourth-order valence-electron chi connectivity index (χ4n) is 4.87. The first-order chi connectivity index (χ1) is 18.9. The highest BCUT2D eigenvalue weighted by Crippen LogP contribution is 2.37. The quantitative estimate of drug-likeness (QED) is 0.300. The Hall–Kier alpha value is -4.39. The average molecular weight is 527 g/mol. The number of nitrogens with zero attached hydrogens (tertiary/aromatic N) is 1. The highest BCUT2D eigenvalue weighted by Gasteiger charge is 2.31. The van der Waals surface area contributed by atoms with Crippen molar-refractivity contribution < 1.29 is 23.1 Å². The fraction of sp³-hybridized carbons (Fsp3) is 0.250. The van der Waals surface area contributed by atoms with Gasteiger partial charge in [0, 0.05) is 19.5 Å². The Kier molecular flexibility index (Phi) is 7.77. The van der Waals surface area contributed by atoms with Gasteiger partial charge in [0.25, 0.3) is 5.91 Å². The number of amides is 2. The zero-order chi connectivity index (χ0) is 27.4. The molecule has 0 fully saturated rings. The van der Waals surface area contributed by atoms with Crippen molar-refractivity contribution >= 4 is 11.8 Å². The van der Waals surface area contributed by atoms with Gasteiger partial charge in [-0.1, -0.05) is 55.0 Å². The van der Waals surface area contributed by atoms with E-state index in [1.165, 1.54) is 23.3 Å². The molecule has 1 aromatic heterocycles. The predicted molar refractivity (Wildman–Crippen MR) is 146 cm³/mol. The molecule has 6 nitrogen and oxygen atoms in total. The summed E-state index contributed by atoms with van der Waals surface area (Å²) in [6.07, 6.45) is 1.24. The van der Waals surface area contributed by atoms with Crippen LogP contribution in [-0.4, -0.2) is 23.3 Å². The van der Waals surface area contributed by atoms with Crippen molar-refractivity contribution in [1.82, 2.24) is 10.2 Å². The van der Waals surface area contributed by atoms with Crippen molar-refractivity contribution in [3.05, 3.63) is 124 Å². The van der Waals surface area contributed by atoms with E-state index in [9.17, 15) is 14.0 Å². The van der Waals surface area contributed by atoms with Gasteiger partial charge in [0.1, 0.15) is 23.9 Å². The number of benzene rings is 3. The number of aryl methyl sites for hydroxylation is 1. The maximum absolute atomic E-state index is 13.1. The first-order valence-corrected chi connectivity index (χ1v) is 13.1. The predicted octanol–water partition coefficient (Wildman–Crippen LogP) is 6.12. The molecule has 0 unspecified atom stereocenters. The Labute approximate surface area is 227 Å². The van der Waals surface area contributed by atoms with E-state index < -0.39 is 0 Å². The van der Waals surface area contributed by atoms with Gasteiger partial charge in [-0.2, -0.15) is 0 Å². The minimum absolute atomic E-state index is 0.123. The lowest BCUT2D eigenvalue weighted by Gasteiger charge is -2.38. The molecule has 39 heavy (non-hydrogen) atoms. The zero-order valence-corrected chi connectivity index (χ0v) is 22.1. The van der Waals surface area contributed by atoms with Crippen molar-refractivity contribution in [1.29, 1.82) is 0 Å². The lowest BCUT2D eigenvalue weighted by molar-refractivity contribution is -0.132. The van der Waals surface area contributed by atoms with Crippen LogP contribution >= 0.6 is 0 Å². The second-order valence-corrected chi connectivity index (χ2v) is 9.73. The number of nitrogens with one attached hydrogen (secondary N) is 1. The molecule has 1 N–H and O–H groups in total. The van der Waals surface area contributed by atoms with Crippen LogP contribution in [0.5, 0.6) is 5.75 Å². The maximum atomic E-state index is 13.1. The van der Waals surface area contributed by atoms with E-state index in [0.29, 0.717) is 24.5 Å². The van der Waals surface area contributed by atoms with Gasteiger partial charge < -0.3 is 19.4 Å². The van der Waals surface area contributed by atoms with E-state index in [-0.39, 0.29) is 42.6 Å². The van der Waals surface area contributed by atoms with Crippen LogP contribution in [0.4, 0.5) is 4.39 Å². The van der Waals surface area contributed by atoms with Crippen molar-refractivity contribution in [2.45, 2.75) is 45.9 Å². The van der Waals surface area contributed by atoms with Crippen LogP contribution in [0.25, 0.3) is 0 Å². The Morgan fingerprint density at radius 1 is 1.03 bits per heavy atom. The molecule has 4 aromatic rings. The molecule has 2 amide bonds. The summed E-state index contributed by atoms with van der Waals surface area (Å²) in [7, 11) is 0. The van der Waals surface area contributed by atoms with Crippen LogP contribution in [0.2, 0.25) is 0 Å². The summed E-state index contributed by atoms with van der Waals surface area (Å²) in [5.41, 5.74) is 5.29. The van der Waals surface area contributed by atoms with Crippen LogP contribution in [-0.2, 0) is 24.4 Å². The summed E-state index contributed by atoms with van der Waals surface area (Å²) >= 11 is 0. The third-order valence-electron chi connectivity index (χ3n) is 6.99. The third-order valence-corrected chi connectivity index (χ3v) is 6.99. The molecular formula is C32H31FN2O4. The SMILES string of the molecule is CCC(=O)N1CCc2ccc(OCc3ccc(C(=O)NCc4ccc(F)cc4)o3)cc2[C@H]1c1ccc(C)cc1. The van der Waals surface area contributed by atoms with Crippen molar-refractivity contribution in [3.8, 4) is 5.75 Å². The van der Waals surface area contributed by atoms with Gasteiger partial charge in [-0.3, -0.25) is 9.59 Å². The molecular weight excluding hydrogens is 495 g/mol. The first-order valence-electron chi connectivity index (χ1n) is 13.1. The molecule has 0 aliphatic carbocycles. The molecule has 2 heterocycles. The van der Waals surface area contributed by atoms with Gasteiger partial charge in [0.05, 0.1) is 6.04 Å². The number of halogens is 1. The molecule has 1 aliphatic heterocycles. The molecule has 3 aromatic carbocycles. The van der Waals surface area contributed by atoms with Gasteiger partial charge in [0.15, 0.2) is 5.76 Å². The van der Waals surface area contributed by atoms with Crippen LogP contribution < -0.4 is 10.1 Å². The lowest BCUT2D eigenvalue weighted by atomic mass is 9.87. The number of fused-ring (bicyclic) bond motifs is 1. The zero-order valence-electron chi connectivity index (χ0n) is 22.1. The first kappa shape index (κ1) is 26.2. The molecule has 200 valence electrons. The molecule has 0 spiro atoms. The molecule has 0 radical (unpaired) electrons. The minimum atomic E-state index is -0.360.